The van der Waals surface area contributed by atoms with Crippen LogP contribution in [0, 0.1) is 24.7 Å². The van der Waals surface area contributed by atoms with E-state index < -0.39 is 0 Å². The van der Waals surface area contributed by atoms with Crippen molar-refractivity contribution in [3.8, 4) is 5.82 Å². The maximum atomic E-state index is 11.6. The van der Waals surface area contributed by atoms with E-state index >= 15 is 0 Å². The lowest BCUT2D eigenvalue weighted by Gasteiger charge is -2.08. The summed E-state index contributed by atoms with van der Waals surface area (Å²) in [5, 5.41) is 24.3. The van der Waals surface area contributed by atoms with E-state index in [1.165, 1.54) is 4.68 Å². The van der Waals surface area contributed by atoms with Gasteiger partial charge < -0.3 is 4.74 Å². The molecule has 0 fully saturated rings. The molecule has 0 bridgehead atoms. The van der Waals surface area contributed by atoms with Crippen molar-refractivity contribution in [3.63, 3.8) is 0 Å². The maximum absolute atomic E-state index is 11.6. The van der Waals surface area contributed by atoms with Gasteiger partial charge in [0.1, 0.15) is 11.3 Å². The Morgan fingerprint density at radius 3 is 2.62 bits per heavy atom. The predicted octanol–water partition coefficient (Wildman–Crippen LogP) is 1.51. The van der Waals surface area contributed by atoms with Crippen molar-refractivity contribution in [1.82, 2.24) is 19.6 Å². The van der Waals surface area contributed by atoms with Crippen LogP contribution < -0.4 is 5.49 Å². The first-order valence-corrected chi connectivity index (χ1v) is 7.76. The molecule has 0 saturated carbocycles. The fraction of sp³-hybridized carbons (Fsp3) is 0.438. The SMILES string of the molecule is CCOC(=O)CCc1c(C)nn(-c2ccc(=N)n(C(C)=N)n2)c1C. The van der Waals surface area contributed by atoms with E-state index in [1.807, 2.05) is 13.8 Å². The van der Waals surface area contributed by atoms with E-state index in [1.54, 1.807) is 30.7 Å². The minimum absolute atomic E-state index is 0.135. The summed E-state index contributed by atoms with van der Waals surface area (Å²) in [4.78, 5) is 11.6. The van der Waals surface area contributed by atoms with Gasteiger partial charge in [0.05, 0.1) is 12.3 Å². The second-order valence-corrected chi connectivity index (χ2v) is 5.44. The number of aromatic nitrogens is 4. The minimum Gasteiger partial charge on any atom is -0.466 e. The lowest BCUT2D eigenvalue weighted by atomic mass is 10.1. The molecule has 0 amide bonds. The fourth-order valence-electron chi connectivity index (χ4n) is 2.50. The number of carbonyl (C=O) groups excluding carboxylic acids is 1. The van der Waals surface area contributed by atoms with Gasteiger partial charge in [0.25, 0.3) is 0 Å². The molecule has 0 aliphatic rings. The van der Waals surface area contributed by atoms with Gasteiger partial charge in [0, 0.05) is 12.1 Å². The average molecular weight is 330 g/mol. The van der Waals surface area contributed by atoms with Gasteiger partial charge in [0.2, 0.25) is 0 Å². The second-order valence-electron chi connectivity index (χ2n) is 5.44. The fourth-order valence-corrected chi connectivity index (χ4v) is 2.50. The van der Waals surface area contributed by atoms with Crippen molar-refractivity contribution >= 4 is 11.8 Å². The van der Waals surface area contributed by atoms with Crippen LogP contribution in [0.2, 0.25) is 0 Å². The molecule has 0 aromatic carbocycles. The third-order valence-corrected chi connectivity index (χ3v) is 3.68. The van der Waals surface area contributed by atoms with Crippen molar-refractivity contribution in [2.45, 2.75) is 40.5 Å². The molecule has 8 heteroatoms. The van der Waals surface area contributed by atoms with Crippen molar-refractivity contribution in [3.05, 3.63) is 34.6 Å². The molecule has 0 spiro atoms. The molecule has 0 unspecified atom stereocenters. The number of aryl methyl sites for hydroxylation is 1. The number of esters is 1. The Balaban J connectivity index is 2.35. The minimum atomic E-state index is -0.224. The molecule has 0 saturated heterocycles. The summed E-state index contributed by atoms with van der Waals surface area (Å²) >= 11 is 0. The molecule has 2 aromatic heterocycles. The Bertz CT molecular complexity index is 834. The molecule has 0 radical (unpaired) electrons. The summed E-state index contributed by atoms with van der Waals surface area (Å²) in [6.07, 6.45) is 0.858. The Morgan fingerprint density at radius 1 is 1.29 bits per heavy atom. The summed E-state index contributed by atoms with van der Waals surface area (Å²) < 4.78 is 7.88. The molecule has 2 aromatic rings. The Kier molecular flexibility index (Phi) is 5.28. The standard InChI is InChI=1S/C16H22N6O2/c1-5-24-16(23)9-6-13-10(2)19-21(11(13)3)15-8-7-14(18)22(20-15)12(4)17/h7-8,17-18H,5-6,9H2,1-4H3. The van der Waals surface area contributed by atoms with Gasteiger partial charge in [-0.25, -0.2) is 9.36 Å². The monoisotopic (exact) mass is 330 g/mol. The van der Waals surface area contributed by atoms with Crippen LogP contribution in [0.3, 0.4) is 0 Å². The van der Waals surface area contributed by atoms with Crippen LogP contribution in [-0.2, 0) is 16.0 Å². The predicted molar refractivity (Wildman–Crippen MR) is 88.4 cm³/mol. The van der Waals surface area contributed by atoms with E-state index in [-0.39, 0.29) is 17.3 Å². The lowest BCUT2D eigenvalue weighted by Crippen LogP contribution is -2.28. The molecule has 2 heterocycles. The number of rotatable bonds is 5. The van der Waals surface area contributed by atoms with Crippen LogP contribution in [0.5, 0.6) is 0 Å². The molecule has 8 nitrogen and oxygen atoms in total. The smallest absolute Gasteiger partial charge is 0.306 e. The summed E-state index contributed by atoms with van der Waals surface area (Å²) in [6, 6.07) is 3.27. The molecule has 0 aliphatic heterocycles. The summed E-state index contributed by atoms with van der Waals surface area (Å²) in [5.74, 6) is 0.463. The van der Waals surface area contributed by atoms with E-state index in [4.69, 9.17) is 15.6 Å². The molecular formula is C16H22N6O2. The molecule has 128 valence electrons. The Hall–Kier alpha value is -2.77. The molecular weight excluding hydrogens is 308 g/mol. The highest BCUT2D eigenvalue weighted by molar-refractivity contribution is 5.77. The maximum Gasteiger partial charge on any atom is 0.306 e. The van der Waals surface area contributed by atoms with Gasteiger partial charge >= 0.3 is 5.97 Å². The van der Waals surface area contributed by atoms with Crippen LogP contribution in [0.4, 0.5) is 0 Å². The molecule has 0 aliphatic carbocycles. The van der Waals surface area contributed by atoms with Gasteiger partial charge in [-0.1, -0.05) is 0 Å². The normalized spacial score (nSPS) is 10.7. The van der Waals surface area contributed by atoms with Crippen LogP contribution in [0.15, 0.2) is 12.1 Å². The topological polar surface area (TPSA) is 110 Å². The highest BCUT2D eigenvalue weighted by Gasteiger charge is 2.15. The first-order valence-electron chi connectivity index (χ1n) is 7.76. The quantitative estimate of drug-likeness (QED) is 0.492. The summed E-state index contributed by atoms with van der Waals surface area (Å²) in [5.41, 5.74) is 2.83. The van der Waals surface area contributed by atoms with Crippen LogP contribution in [0.25, 0.3) is 5.82 Å². The molecule has 2 N–H and O–H groups in total. The zero-order valence-electron chi connectivity index (χ0n) is 14.4. The first kappa shape index (κ1) is 17.6. The van der Waals surface area contributed by atoms with Crippen molar-refractivity contribution in [2.24, 2.45) is 0 Å². The van der Waals surface area contributed by atoms with E-state index in [0.717, 1.165) is 17.0 Å². The Labute approximate surface area is 140 Å². The third kappa shape index (κ3) is 3.58. The molecule has 0 atom stereocenters. The van der Waals surface area contributed by atoms with Crippen molar-refractivity contribution in [1.29, 1.82) is 10.8 Å². The molecule has 2 rings (SSSR count). The van der Waals surface area contributed by atoms with Crippen LogP contribution in [-0.4, -0.2) is 38.0 Å². The van der Waals surface area contributed by atoms with E-state index in [9.17, 15) is 4.79 Å². The zero-order valence-corrected chi connectivity index (χ0v) is 14.4. The second kappa shape index (κ2) is 7.20. The van der Waals surface area contributed by atoms with Crippen LogP contribution >= 0.6 is 0 Å². The van der Waals surface area contributed by atoms with Crippen molar-refractivity contribution in [2.75, 3.05) is 6.61 Å². The van der Waals surface area contributed by atoms with Gasteiger partial charge in [-0.05, 0) is 51.8 Å². The van der Waals surface area contributed by atoms with Gasteiger partial charge in [0.15, 0.2) is 5.82 Å². The van der Waals surface area contributed by atoms with Gasteiger partial charge in [-0.3, -0.25) is 15.6 Å². The van der Waals surface area contributed by atoms with Crippen LogP contribution in [0.1, 0.15) is 37.2 Å². The number of carbonyl (C=O) groups is 1. The first-order chi connectivity index (χ1) is 11.3. The Morgan fingerprint density at radius 2 is 2.00 bits per heavy atom. The number of nitrogens with zero attached hydrogens (tertiary/aromatic N) is 4. The summed E-state index contributed by atoms with van der Waals surface area (Å²) in [6.45, 7) is 7.54. The third-order valence-electron chi connectivity index (χ3n) is 3.68. The largest absolute Gasteiger partial charge is 0.466 e. The lowest BCUT2D eigenvalue weighted by molar-refractivity contribution is -0.143. The van der Waals surface area contributed by atoms with Crippen molar-refractivity contribution < 1.29 is 9.53 Å². The van der Waals surface area contributed by atoms with E-state index in [0.29, 0.717) is 25.3 Å². The summed E-state index contributed by atoms with van der Waals surface area (Å²) in [7, 11) is 0. The average Bonchev–Trinajstić information content (AvgIpc) is 2.80. The number of ether oxygens (including phenoxy) is 1. The van der Waals surface area contributed by atoms with Gasteiger partial charge in [-0.2, -0.15) is 5.10 Å². The number of hydrogen-bond donors (Lipinski definition) is 2. The zero-order chi connectivity index (χ0) is 17.9. The number of nitrogens with one attached hydrogen (secondary N) is 2. The van der Waals surface area contributed by atoms with E-state index in [2.05, 4.69) is 10.2 Å². The highest BCUT2D eigenvalue weighted by atomic mass is 16.5. The number of hydrogen-bond acceptors (Lipinski definition) is 6. The highest BCUT2D eigenvalue weighted by Crippen LogP contribution is 2.18. The van der Waals surface area contributed by atoms with Gasteiger partial charge in [-0.15, -0.1) is 5.10 Å². The molecule has 24 heavy (non-hydrogen) atoms.